The largest absolute Gasteiger partial charge is 0.313 e. The first-order chi connectivity index (χ1) is 6.12. The molecule has 0 aliphatic carbocycles. The second kappa shape index (κ2) is 10.8. The number of allylic oxidation sites excluding steroid dienone is 3. The minimum Gasteiger partial charge on any atom is -0.313 e. The Bertz CT molecular complexity index is 222. The summed E-state index contributed by atoms with van der Waals surface area (Å²) < 4.78 is 0.629. The Morgan fingerprint density at radius 2 is 2.08 bits per heavy atom. The van der Waals surface area contributed by atoms with E-state index < -0.39 is 0 Å². The molecule has 0 aromatic carbocycles. The van der Waals surface area contributed by atoms with Crippen LogP contribution < -0.4 is 5.32 Å². The van der Waals surface area contributed by atoms with Crippen LogP contribution in [0, 0.1) is 0 Å². The van der Waals surface area contributed by atoms with Crippen molar-refractivity contribution in [2.75, 3.05) is 0 Å². The van der Waals surface area contributed by atoms with Crippen LogP contribution in [0.2, 0.25) is 0 Å². The molecule has 0 aliphatic rings. The lowest BCUT2D eigenvalue weighted by atomic mass is 10.5. The number of nitrogens with one attached hydrogen (secondary N) is 1. The summed E-state index contributed by atoms with van der Waals surface area (Å²) in [4.78, 5) is 13.4. The summed E-state index contributed by atoms with van der Waals surface area (Å²) in [6, 6.07) is 0. The van der Waals surface area contributed by atoms with E-state index in [1.54, 1.807) is 12.2 Å². The van der Waals surface area contributed by atoms with Gasteiger partial charge in [-0.1, -0.05) is 28.6 Å². The third-order valence-corrected chi connectivity index (χ3v) is 0.899. The average molecular weight is 245 g/mol. The van der Waals surface area contributed by atoms with Crippen LogP contribution >= 0.6 is 15.9 Å². The molecular weight excluding hydrogens is 232 g/mol. The Morgan fingerprint density at radius 3 is 2.31 bits per heavy atom. The minimum absolute atomic E-state index is 0.372. The highest BCUT2D eigenvalue weighted by molar-refractivity contribution is 9.11. The predicted octanol–water partition coefficient (Wildman–Crippen LogP) is 2.38. The molecule has 0 aromatic rings. The lowest BCUT2D eigenvalue weighted by Crippen LogP contribution is -2.07. The van der Waals surface area contributed by atoms with E-state index >= 15 is 0 Å². The van der Waals surface area contributed by atoms with Crippen LogP contribution in [0.1, 0.15) is 6.92 Å². The number of hydrogen-bond acceptors (Lipinski definition) is 2. The molecule has 13 heavy (non-hydrogen) atoms. The fourth-order valence-corrected chi connectivity index (χ4v) is 0.559. The third kappa shape index (κ3) is 13.8. The van der Waals surface area contributed by atoms with Crippen molar-refractivity contribution in [2.45, 2.75) is 6.92 Å². The van der Waals surface area contributed by atoms with E-state index in [2.05, 4.69) is 46.1 Å². The van der Waals surface area contributed by atoms with Gasteiger partial charge >= 0.3 is 0 Å². The first kappa shape index (κ1) is 14.4. The lowest BCUT2D eigenvalue weighted by molar-refractivity contribution is -0.108. The molecule has 0 saturated heterocycles. The molecule has 0 aromatic heterocycles. The number of amides is 1. The highest BCUT2D eigenvalue weighted by Gasteiger charge is 1.88. The number of halogens is 1. The van der Waals surface area contributed by atoms with Crippen LogP contribution in [0.5, 0.6) is 0 Å². The van der Waals surface area contributed by atoms with Crippen molar-refractivity contribution in [2.24, 2.45) is 4.99 Å². The van der Waals surface area contributed by atoms with Gasteiger partial charge in [-0.05, 0) is 19.7 Å². The standard InChI is InChI=1S/C6H7BrN2O.C3H6/c1-5(7)3-6(8-2)9-4-10;1-3-2/h3-4H,1-2H2,(H,9,10);3H,1H2,2H3/b6-3+;. The number of carbonyl (C=O) groups is 1. The normalized spacial score (nSPS) is 8.92. The highest BCUT2D eigenvalue weighted by atomic mass is 79.9. The summed E-state index contributed by atoms with van der Waals surface area (Å²) in [5, 5.41) is 2.32. The molecule has 0 atom stereocenters. The van der Waals surface area contributed by atoms with Crippen LogP contribution in [-0.4, -0.2) is 13.1 Å². The van der Waals surface area contributed by atoms with E-state index in [0.29, 0.717) is 16.7 Å². The van der Waals surface area contributed by atoms with Crippen LogP contribution in [0.3, 0.4) is 0 Å². The number of nitrogens with zero attached hydrogens (tertiary/aromatic N) is 1. The minimum atomic E-state index is 0.372. The summed E-state index contributed by atoms with van der Waals surface area (Å²) in [5.74, 6) is 0.372. The Balaban J connectivity index is 0. The molecule has 0 fully saturated rings. The van der Waals surface area contributed by atoms with E-state index in [9.17, 15) is 4.79 Å². The molecule has 1 N–H and O–H groups in total. The fourth-order valence-electron chi connectivity index (χ4n) is 0.342. The predicted molar refractivity (Wildman–Crippen MR) is 60.8 cm³/mol. The smallest absolute Gasteiger partial charge is 0.212 e. The molecule has 0 rings (SSSR count). The third-order valence-electron chi connectivity index (χ3n) is 0.670. The van der Waals surface area contributed by atoms with Gasteiger partial charge in [0.1, 0.15) is 5.82 Å². The molecule has 3 nitrogen and oxygen atoms in total. The van der Waals surface area contributed by atoms with Crippen LogP contribution in [0.4, 0.5) is 0 Å². The molecule has 4 heteroatoms. The van der Waals surface area contributed by atoms with Crippen LogP contribution in [-0.2, 0) is 4.79 Å². The molecule has 1 amide bonds. The fraction of sp³-hybridized carbons (Fsp3) is 0.111. The van der Waals surface area contributed by atoms with Crippen molar-refractivity contribution in [1.82, 2.24) is 5.32 Å². The Kier molecular flexibility index (Phi) is 12.0. The van der Waals surface area contributed by atoms with Crippen molar-refractivity contribution in [3.8, 4) is 0 Å². The number of rotatable bonds is 4. The summed E-state index contributed by atoms with van der Waals surface area (Å²) in [7, 11) is 0. The number of carbonyl (C=O) groups excluding carboxylic acids is 1. The SMILES string of the molecule is C=CC.C=N/C(=C\C(=C)Br)NC=O. The number of aliphatic imine (C=N–C) groups is 1. The quantitative estimate of drug-likeness (QED) is 0.351. The van der Waals surface area contributed by atoms with Gasteiger partial charge in [-0.3, -0.25) is 4.79 Å². The highest BCUT2D eigenvalue weighted by Crippen LogP contribution is 2.04. The summed E-state index contributed by atoms with van der Waals surface area (Å²) in [6.07, 6.45) is 3.82. The average Bonchev–Trinajstić information content (AvgIpc) is 2.04. The molecule has 0 saturated carbocycles. The van der Waals surface area contributed by atoms with Crippen molar-refractivity contribution in [3.05, 3.63) is 35.6 Å². The zero-order valence-electron chi connectivity index (χ0n) is 7.59. The maximum absolute atomic E-state index is 9.87. The first-order valence-corrected chi connectivity index (χ1v) is 4.21. The maximum atomic E-state index is 9.87. The van der Waals surface area contributed by atoms with Gasteiger partial charge in [0.15, 0.2) is 0 Å². The Labute approximate surface area is 87.1 Å². The van der Waals surface area contributed by atoms with Crippen molar-refractivity contribution < 1.29 is 4.79 Å². The summed E-state index contributed by atoms with van der Waals surface area (Å²) >= 11 is 3.07. The van der Waals surface area contributed by atoms with Gasteiger partial charge in [-0.2, -0.15) is 0 Å². The van der Waals surface area contributed by atoms with Gasteiger partial charge < -0.3 is 5.32 Å². The second-order valence-corrected chi connectivity index (χ2v) is 2.82. The Morgan fingerprint density at radius 1 is 1.62 bits per heavy atom. The van der Waals surface area contributed by atoms with Gasteiger partial charge in [-0.25, -0.2) is 4.99 Å². The Hall–Kier alpha value is -1.16. The molecule has 0 radical (unpaired) electrons. The van der Waals surface area contributed by atoms with E-state index in [0.717, 1.165) is 0 Å². The summed E-state index contributed by atoms with van der Waals surface area (Å²) in [5.41, 5.74) is 0. The molecule has 0 aliphatic heterocycles. The zero-order chi connectivity index (χ0) is 10.7. The second-order valence-electron chi connectivity index (χ2n) is 1.80. The molecular formula is C9H13BrN2O. The number of hydrogen-bond donors (Lipinski definition) is 1. The van der Waals surface area contributed by atoms with E-state index in [1.807, 2.05) is 6.92 Å². The molecule has 0 unspecified atom stereocenters. The molecule has 0 bridgehead atoms. The van der Waals surface area contributed by atoms with E-state index in [-0.39, 0.29) is 0 Å². The van der Waals surface area contributed by atoms with Crippen molar-refractivity contribution in [1.29, 1.82) is 0 Å². The lowest BCUT2D eigenvalue weighted by Gasteiger charge is -1.94. The molecule has 0 heterocycles. The van der Waals surface area contributed by atoms with Crippen LogP contribution in [0.25, 0.3) is 0 Å². The zero-order valence-corrected chi connectivity index (χ0v) is 9.17. The van der Waals surface area contributed by atoms with Gasteiger partial charge in [0.2, 0.25) is 6.41 Å². The van der Waals surface area contributed by atoms with E-state index in [4.69, 9.17) is 0 Å². The molecule has 0 spiro atoms. The van der Waals surface area contributed by atoms with E-state index in [1.165, 1.54) is 0 Å². The van der Waals surface area contributed by atoms with Gasteiger partial charge in [0.25, 0.3) is 0 Å². The van der Waals surface area contributed by atoms with Gasteiger partial charge in [0.05, 0.1) is 0 Å². The monoisotopic (exact) mass is 244 g/mol. The molecule has 72 valence electrons. The topological polar surface area (TPSA) is 41.5 Å². The van der Waals surface area contributed by atoms with Crippen LogP contribution in [0.15, 0.2) is 40.6 Å². The van der Waals surface area contributed by atoms with Crippen molar-refractivity contribution >= 4 is 29.1 Å². The summed E-state index contributed by atoms with van der Waals surface area (Å²) in [6.45, 7) is 12.0. The first-order valence-electron chi connectivity index (χ1n) is 3.42. The van der Waals surface area contributed by atoms with Crippen molar-refractivity contribution in [3.63, 3.8) is 0 Å². The van der Waals surface area contributed by atoms with Gasteiger partial charge in [0, 0.05) is 4.48 Å². The maximum Gasteiger partial charge on any atom is 0.212 e. The van der Waals surface area contributed by atoms with Gasteiger partial charge in [-0.15, -0.1) is 6.58 Å².